The van der Waals surface area contributed by atoms with Crippen LogP contribution in [0, 0.1) is 0 Å². The monoisotopic (exact) mass is 274 g/mol. The standard InChI is InChI=1S/C12H13F3N2O2/c1-16-10(18)6-7-17-11(19)8-2-4-9(5-3-8)12(13,14)15/h2-5H,6-7H2,1H3,(H,16,18)(H,17,19). The van der Waals surface area contributed by atoms with Gasteiger partial charge in [0, 0.05) is 25.6 Å². The molecule has 0 aliphatic carbocycles. The highest BCUT2D eigenvalue weighted by Gasteiger charge is 2.30. The van der Waals surface area contributed by atoms with Crippen molar-refractivity contribution in [2.24, 2.45) is 0 Å². The third-order valence-electron chi connectivity index (χ3n) is 2.39. The fraction of sp³-hybridized carbons (Fsp3) is 0.333. The van der Waals surface area contributed by atoms with Gasteiger partial charge in [0.05, 0.1) is 5.56 Å². The summed E-state index contributed by atoms with van der Waals surface area (Å²) in [6, 6.07) is 3.87. The molecule has 0 radical (unpaired) electrons. The summed E-state index contributed by atoms with van der Waals surface area (Å²) in [5, 5.41) is 4.83. The largest absolute Gasteiger partial charge is 0.416 e. The molecule has 1 aromatic carbocycles. The molecule has 0 saturated carbocycles. The summed E-state index contributed by atoms with van der Waals surface area (Å²) >= 11 is 0. The van der Waals surface area contributed by atoms with Crippen molar-refractivity contribution >= 4 is 11.8 Å². The minimum Gasteiger partial charge on any atom is -0.359 e. The SMILES string of the molecule is CNC(=O)CCNC(=O)c1ccc(C(F)(F)F)cc1. The molecule has 1 aromatic rings. The second-order valence-corrected chi connectivity index (χ2v) is 3.75. The Labute approximate surface area is 108 Å². The Hall–Kier alpha value is -2.05. The minimum absolute atomic E-state index is 0.114. The third-order valence-corrected chi connectivity index (χ3v) is 2.39. The molecule has 0 aliphatic heterocycles. The smallest absolute Gasteiger partial charge is 0.359 e. The topological polar surface area (TPSA) is 58.2 Å². The van der Waals surface area contributed by atoms with Crippen molar-refractivity contribution in [2.45, 2.75) is 12.6 Å². The van der Waals surface area contributed by atoms with Crippen LogP contribution >= 0.6 is 0 Å². The molecule has 2 N–H and O–H groups in total. The molecule has 4 nitrogen and oxygen atoms in total. The van der Waals surface area contributed by atoms with Crippen molar-refractivity contribution in [1.29, 1.82) is 0 Å². The molecule has 19 heavy (non-hydrogen) atoms. The number of alkyl halides is 3. The summed E-state index contributed by atoms with van der Waals surface area (Å²) < 4.78 is 36.9. The number of benzene rings is 1. The van der Waals surface area contributed by atoms with Gasteiger partial charge in [-0.05, 0) is 24.3 Å². The zero-order valence-corrected chi connectivity index (χ0v) is 10.2. The Bertz CT molecular complexity index is 455. The van der Waals surface area contributed by atoms with Gasteiger partial charge < -0.3 is 10.6 Å². The second-order valence-electron chi connectivity index (χ2n) is 3.75. The maximum Gasteiger partial charge on any atom is 0.416 e. The van der Waals surface area contributed by atoms with Crippen molar-refractivity contribution in [2.75, 3.05) is 13.6 Å². The van der Waals surface area contributed by atoms with Crippen molar-refractivity contribution in [3.63, 3.8) is 0 Å². The molecule has 1 rings (SSSR count). The number of hydrogen-bond acceptors (Lipinski definition) is 2. The van der Waals surface area contributed by atoms with Crippen molar-refractivity contribution in [3.05, 3.63) is 35.4 Å². The molecular formula is C12H13F3N2O2. The number of carbonyl (C=O) groups excluding carboxylic acids is 2. The van der Waals surface area contributed by atoms with E-state index in [-0.39, 0.29) is 24.4 Å². The summed E-state index contributed by atoms with van der Waals surface area (Å²) in [5.41, 5.74) is -0.695. The van der Waals surface area contributed by atoms with Gasteiger partial charge in [0.15, 0.2) is 0 Å². The fourth-order valence-electron chi connectivity index (χ4n) is 1.33. The molecule has 0 aromatic heterocycles. The van der Waals surface area contributed by atoms with E-state index in [0.29, 0.717) is 0 Å². The molecule has 104 valence electrons. The van der Waals surface area contributed by atoms with E-state index in [9.17, 15) is 22.8 Å². The van der Waals surface area contributed by atoms with E-state index in [2.05, 4.69) is 10.6 Å². The molecule has 0 saturated heterocycles. The molecule has 2 amide bonds. The molecule has 0 atom stereocenters. The van der Waals surface area contributed by atoms with Crippen molar-refractivity contribution in [3.8, 4) is 0 Å². The lowest BCUT2D eigenvalue weighted by atomic mass is 10.1. The Morgan fingerprint density at radius 1 is 1.16 bits per heavy atom. The van der Waals surface area contributed by atoms with E-state index >= 15 is 0 Å². The van der Waals surface area contributed by atoms with E-state index in [1.807, 2.05) is 0 Å². The first-order valence-corrected chi connectivity index (χ1v) is 5.50. The van der Waals surface area contributed by atoms with E-state index in [1.54, 1.807) is 0 Å². The van der Waals surface area contributed by atoms with Crippen LogP contribution in [0.4, 0.5) is 13.2 Å². The number of rotatable bonds is 4. The highest BCUT2D eigenvalue weighted by atomic mass is 19.4. The quantitative estimate of drug-likeness (QED) is 0.875. The number of halogens is 3. The van der Waals surface area contributed by atoms with E-state index in [0.717, 1.165) is 24.3 Å². The van der Waals surface area contributed by atoms with Crippen molar-refractivity contribution in [1.82, 2.24) is 10.6 Å². The lowest BCUT2D eigenvalue weighted by molar-refractivity contribution is -0.137. The van der Waals surface area contributed by atoms with Crippen LogP contribution in [0.15, 0.2) is 24.3 Å². The van der Waals surface area contributed by atoms with Crippen LogP contribution in [0.25, 0.3) is 0 Å². The Balaban J connectivity index is 2.56. The van der Waals surface area contributed by atoms with Gasteiger partial charge in [-0.1, -0.05) is 0 Å². The minimum atomic E-state index is -4.42. The first-order chi connectivity index (χ1) is 8.84. The Morgan fingerprint density at radius 2 is 1.74 bits per heavy atom. The Kier molecular flexibility index (Phi) is 4.91. The molecule has 0 bridgehead atoms. The zero-order chi connectivity index (χ0) is 14.5. The zero-order valence-electron chi connectivity index (χ0n) is 10.2. The van der Waals surface area contributed by atoms with Crippen LogP contribution in [0.1, 0.15) is 22.3 Å². The maximum atomic E-state index is 12.3. The lowest BCUT2D eigenvalue weighted by Crippen LogP contribution is -2.29. The first-order valence-electron chi connectivity index (χ1n) is 5.50. The molecule has 0 heterocycles. The third kappa shape index (κ3) is 4.61. The normalized spacial score (nSPS) is 10.9. The molecule has 0 fully saturated rings. The maximum absolute atomic E-state index is 12.3. The predicted octanol–water partition coefficient (Wildman–Crippen LogP) is 1.57. The molecule has 0 spiro atoms. The van der Waals surface area contributed by atoms with Gasteiger partial charge in [-0.15, -0.1) is 0 Å². The highest BCUT2D eigenvalue weighted by molar-refractivity contribution is 5.94. The summed E-state index contributed by atoms with van der Waals surface area (Å²) in [4.78, 5) is 22.4. The summed E-state index contributed by atoms with van der Waals surface area (Å²) in [5.74, 6) is -0.745. The van der Waals surface area contributed by atoms with Gasteiger partial charge in [0.1, 0.15) is 0 Å². The number of nitrogens with one attached hydrogen (secondary N) is 2. The van der Waals surface area contributed by atoms with Crippen LogP contribution in [-0.2, 0) is 11.0 Å². The van der Waals surface area contributed by atoms with Crippen LogP contribution in [0.5, 0.6) is 0 Å². The average molecular weight is 274 g/mol. The number of hydrogen-bond donors (Lipinski definition) is 2. The summed E-state index contributed by atoms with van der Waals surface area (Å²) in [7, 11) is 1.47. The fourth-order valence-corrected chi connectivity index (χ4v) is 1.33. The van der Waals surface area contributed by atoms with Gasteiger partial charge in [-0.25, -0.2) is 0 Å². The van der Waals surface area contributed by atoms with Crippen LogP contribution in [-0.4, -0.2) is 25.4 Å². The molecule has 0 unspecified atom stereocenters. The van der Waals surface area contributed by atoms with Crippen molar-refractivity contribution < 1.29 is 22.8 Å². The van der Waals surface area contributed by atoms with Gasteiger partial charge >= 0.3 is 6.18 Å². The lowest BCUT2D eigenvalue weighted by Gasteiger charge is -2.08. The summed E-state index contributed by atoms with van der Waals surface area (Å²) in [6.07, 6.45) is -4.31. The molecule has 7 heteroatoms. The van der Waals surface area contributed by atoms with Crippen LogP contribution < -0.4 is 10.6 Å². The van der Waals surface area contributed by atoms with Gasteiger partial charge in [0.25, 0.3) is 5.91 Å². The first kappa shape index (κ1) is 15.0. The second kappa shape index (κ2) is 6.21. The highest BCUT2D eigenvalue weighted by Crippen LogP contribution is 2.28. The van der Waals surface area contributed by atoms with Gasteiger partial charge in [0.2, 0.25) is 5.91 Å². The number of carbonyl (C=O) groups is 2. The van der Waals surface area contributed by atoms with Crippen LogP contribution in [0.3, 0.4) is 0 Å². The van der Waals surface area contributed by atoms with Crippen LogP contribution in [0.2, 0.25) is 0 Å². The molecule has 0 aliphatic rings. The van der Waals surface area contributed by atoms with Gasteiger partial charge in [-0.2, -0.15) is 13.2 Å². The van der Waals surface area contributed by atoms with E-state index in [1.165, 1.54) is 7.05 Å². The van der Waals surface area contributed by atoms with Gasteiger partial charge in [-0.3, -0.25) is 9.59 Å². The Morgan fingerprint density at radius 3 is 2.21 bits per heavy atom. The number of amides is 2. The van der Waals surface area contributed by atoms with E-state index in [4.69, 9.17) is 0 Å². The average Bonchev–Trinajstić information content (AvgIpc) is 2.37. The summed E-state index contributed by atoms with van der Waals surface area (Å²) in [6.45, 7) is 0.125. The molecular weight excluding hydrogens is 261 g/mol. The predicted molar refractivity (Wildman–Crippen MR) is 62.5 cm³/mol. The van der Waals surface area contributed by atoms with E-state index < -0.39 is 17.6 Å².